The van der Waals surface area contributed by atoms with E-state index >= 15 is 0 Å². The van der Waals surface area contributed by atoms with E-state index < -0.39 is 0 Å². The summed E-state index contributed by atoms with van der Waals surface area (Å²) in [7, 11) is 0. The van der Waals surface area contributed by atoms with Crippen molar-refractivity contribution < 1.29 is 9.53 Å². The third-order valence-corrected chi connectivity index (χ3v) is 3.68. The number of hydrogen-bond donors (Lipinski definition) is 2. The van der Waals surface area contributed by atoms with Crippen LogP contribution in [0.4, 0.5) is 11.4 Å². The molecule has 0 aliphatic heterocycles. The number of para-hydroxylation sites is 2. The topological polar surface area (TPSA) is 50.4 Å². The molecule has 0 aliphatic carbocycles. The highest BCUT2D eigenvalue weighted by Gasteiger charge is 2.09. The summed E-state index contributed by atoms with van der Waals surface area (Å²) < 4.78 is 5.69. The van der Waals surface area contributed by atoms with Gasteiger partial charge in [0.25, 0.3) is 0 Å². The predicted octanol–water partition coefficient (Wildman–Crippen LogP) is 5.22. The van der Waals surface area contributed by atoms with E-state index in [-0.39, 0.29) is 12.0 Å². The van der Waals surface area contributed by atoms with Crippen molar-refractivity contribution in [3.05, 3.63) is 52.5 Å². The van der Waals surface area contributed by atoms with Crippen LogP contribution >= 0.6 is 23.2 Å². The second-order valence-electron chi connectivity index (χ2n) is 5.51. The minimum atomic E-state index is -0.111. The van der Waals surface area contributed by atoms with Gasteiger partial charge in [0.05, 0.1) is 22.5 Å². The van der Waals surface area contributed by atoms with Crippen molar-refractivity contribution in [2.75, 3.05) is 17.2 Å². The lowest BCUT2D eigenvalue weighted by molar-refractivity contribution is -0.116. The van der Waals surface area contributed by atoms with Crippen molar-refractivity contribution in [1.29, 1.82) is 0 Å². The van der Waals surface area contributed by atoms with E-state index in [4.69, 9.17) is 27.9 Å². The maximum atomic E-state index is 12.1. The van der Waals surface area contributed by atoms with Crippen LogP contribution in [-0.2, 0) is 4.79 Å². The molecule has 2 N–H and O–H groups in total. The van der Waals surface area contributed by atoms with E-state index in [1.165, 1.54) is 0 Å². The first-order valence-electron chi connectivity index (χ1n) is 7.70. The molecule has 0 unspecified atom stereocenters. The third kappa shape index (κ3) is 5.62. The molecular formula is C18H20Cl2N2O2. The molecule has 0 radical (unpaired) electrons. The fourth-order valence-electron chi connectivity index (χ4n) is 2.08. The third-order valence-electron chi connectivity index (χ3n) is 3.12. The van der Waals surface area contributed by atoms with Crippen LogP contribution in [0.1, 0.15) is 20.3 Å². The first-order chi connectivity index (χ1) is 11.5. The molecule has 0 heterocycles. The van der Waals surface area contributed by atoms with Crippen LogP contribution in [0.2, 0.25) is 10.0 Å². The summed E-state index contributed by atoms with van der Waals surface area (Å²) in [5, 5.41) is 7.13. The molecule has 0 fully saturated rings. The zero-order valence-electron chi connectivity index (χ0n) is 13.6. The van der Waals surface area contributed by atoms with E-state index in [1.807, 2.05) is 38.1 Å². The number of ether oxygens (including phenoxy) is 1. The maximum absolute atomic E-state index is 12.1. The summed E-state index contributed by atoms with van der Waals surface area (Å²) in [6, 6.07) is 12.5. The fraction of sp³-hybridized carbons (Fsp3) is 0.278. The average Bonchev–Trinajstić information content (AvgIpc) is 2.52. The molecule has 4 nitrogen and oxygen atoms in total. The first kappa shape index (κ1) is 18.4. The van der Waals surface area contributed by atoms with E-state index in [1.54, 1.807) is 18.2 Å². The Morgan fingerprint density at radius 2 is 1.88 bits per heavy atom. The Kier molecular flexibility index (Phi) is 6.76. The molecule has 0 aliphatic rings. The molecule has 128 valence electrons. The van der Waals surface area contributed by atoms with E-state index in [9.17, 15) is 4.79 Å². The molecule has 0 saturated heterocycles. The molecule has 0 saturated carbocycles. The molecule has 0 spiro atoms. The van der Waals surface area contributed by atoms with Gasteiger partial charge in [0.2, 0.25) is 5.91 Å². The monoisotopic (exact) mass is 366 g/mol. The number of nitrogens with one attached hydrogen (secondary N) is 2. The van der Waals surface area contributed by atoms with E-state index in [0.29, 0.717) is 40.1 Å². The standard InChI is InChI=1S/C18H20Cl2N2O2/c1-12(2)24-17-6-4-3-5-15(17)22-18(23)9-10-21-16-11-13(19)7-8-14(16)20/h3-8,11-12,21H,9-10H2,1-2H3,(H,22,23). The van der Waals surface area contributed by atoms with Gasteiger partial charge in [-0.3, -0.25) is 4.79 Å². The van der Waals surface area contributed by atoms with Crippen LogP contribution in [-0.4, -0.2) is 18.6 Å². The van der Waals surface area contributed by atoms with Crippen LogP contribution < -0.4 is 15.4 Å². The molecule has 2 aromatic carbocycles. The number of rotatable bonds is 7. The van der Waals surface area contributed by atoms with E-state index in [0.717, 1.165) is 0 Å². The summed E-state index contributed by atoms with van der Waals surface area (Å²) in [5.74, 6) is 0.548. The number of benzene rings is 2. The Bertz CT molecular complexity index is 705. The molecular weight excluding hydrogens is 347 g/mol. The first-order valence-corrected chi connectivity index (χ1v) is 8.46. The van der Waals surface area contributed by atoms with Gasteiger partial charge in [-0.25, -0.2) is 0 Å². The SMILES string of the molecule is CC(C)Oc1ccccc1NC(=O)CCNc1cc(Cl)ccc1Cl. The van der Waals surface area contributed by atoms with Crippen molar-refractivity contribution in [1.82, 2.24) is 0 Å². The fourth-order valence-corrected chi connectivity index (χ4v) is 2.44. The van der Waals surface area contributed by atoms with Crippen molar-refractivity contribution in [2.24, 2.45) is 0 Å². The number of hydrogen-bond acceptors (Lipinski definition) is 3. The molecule has 6 heteroatoms. The lowest BCUT2D eigenvalue weighted by Gasteiger charge is -2.15. The van der Waals surface area contributed by atoms with Gasteiger partial charge < -0.3 is 15.4 Å². The van der Waals surface area contributed by atoms with Crippen LogP contribution in [0.15, 0.2) is 42.5 Å². The second-order valence-corrected chi connectivity index (χ2v) is 6.36. The number of carbonyl (C=O) groups is 1. The Hall–Kier alpha value is -1.91. The zero-order chi connectivity index (χ0) is 17.5. The Morgan fingerprint density at radius 3 is 2.62 bits per heavy atom. The summed E-state index contributed by atoms with van der Waals surface area (Å²) in [6.45, 7) is 4.33. The van der Waals surface area contributed by atoms with E-state index in [2.05, 4.69) is 10.6 Å². The summed E-state index contributed by atoms with van der Waals surface area (Å²) >= 11 is 12.0. The number of amides is 1. The minimum Gasteiger partial charge on any atom is -0.489 e. The Morgan fingerprint density at radius 1 is 1.12 bits per heavy atom. The van der Waals surface area contributed by atoms with Gasteiger partial charge in [0.15, 0.2) is 0 Å². The van der Waals surface area contributed by atoms with Gasteiger partial charge in [0, 0.05) is 18.0 Å². The average molecular weight is 367 g/mol. The van der Waals surface area contributed by atoms with Crippen molar-refractivity contribution in [3.8, 4) is 5.75 Å². The van der Waals surface area contributed by atoms with Gasteiger partial charge in [-0.1, -0.05) is 35.3 Å². The van der Waals surface area contributed by atoms with Crippen molar-refractivity contribution in [2.45, 2.75) is 26.4 Å². The largest absolute Gasteiger partial charge is 0.489 e. The smallest absolute Gasteiger partial charge is 0.226 e. The van der Waals surface area contributed by atoms with Gasteiger partial charge in [0.1, 0.15) is 5.75 Å². The van der Waals surface area contributed by atoms with Crippen LogP contribution in [0, 0.1) is 0 Å². The van der Waals surface area contributed by atoms with Gasteiger partial charge in [-0.15, -0.1) is 0 Å². The highest BCUT2D eigenvalue weighted by Crippen LogP contribution is 2.26. The lowest BCUT2D eigenvalue weighted by Crippen LogP contribution is -2.17. The summed E-state index contributed by atoms with van der Waals surface area (Å²) in [5.41, 5.74) is 1.37. The van der Waals surface area contributed by atoms with Crippen molar-refractivity contribution >= 4 is 40.5 Å². The highest BCUT2D eigenvalue weighted by atomic mass is 35.5. The number of halogens is 2. The molecule has 24 heavy (non-hydrogen) atoms. The van der Waals surface area contributed by atoms with Gasteiger partial charge in [-0.2, -0.15) is 0 Å². The minimum absolute atomic E-state index is 0.0367. The second kappa shape index (κ2) is 8.81. The number of anilines is 2. The van der Waals surface area contributed by atoms with Crippen LogP contribution in [0.5, 0.6) is 5.75 Å². The van der Waals surface area contributed by atoms with Crippen molar-refractivity contribution in [3.63, 3.8) is 0 Å². The van der Waals surface area contributed by atoms with Gasteiger partial charge in [-0.05, 0) is 44.2 Å². The molecule has 0 aromatic heterocycles. The lowest BCUT2D eigenvalue weighted by atomic mass is 10.2. The molecule has 0 bridgehead atoms. The normalized spacial score (nSPS) is 10.5. The van der Waals surface area contributed by atoms with Crippen LogP contribution in [0.3, 0.4) is 0 Å². The molecule has 2 rings (SSSR count). The zero-order valence-corrected chi connectivity index (χ0v) is 15.1. The maximum Gasteiger partial charge on any atom is 0.226 e. The molecule has 0 atom stereocenters. The highest BCUT2D eigenvalue weighted by molar-refractivity contribution is 6.35. The molecule has 1 amide bonds. The Labute approximate surface area is 152 Å². The van der Waals surface area contributed by atoms with Crippen LogP contribution in [0.25, 0.3) is 0 Å². The number of carbonyl (C=O) groups excluding carboxylic acids is 1. The Balaban J connectivity index is 1.89. The quantitative estimate of drug-likeness (QED) is 0.705. The summed E-state index contributed by atoms with van der Waals surface area (Å²) in [4.78, 5) is 12.1. The summed E-state index contributed by atoms with van der Waals surface area (Å²) in [6.07, 6.45) is 0.327. The van der Waals surface area contributed by atoms with Gasteiger partial charge >= 0.3 is 0 Å². The molecule has 2 aromatic rings. The predicted molar refractivity (Wildman–Crippen MR) is 100 cm³/mol.